The fourth-order valence-electron chi connectivity index (χ4n) is 2.76. The Morgan fingerprint density at radius 1 is 1.03 bits per heavy atom. The lowest BCUT2D eigenvalue weighted by Gasteiger charge is -2.17. The van der Waals surface area contributed by atoms with Crippen molar-refractivity contribution in [1.29, 1.82) is 0 Å². The number of fused-ring (bicyclic) bond motifs is 1. The summed E-state index contributed by atoms with van der Waals surface area (Å²) in [6.45, 7) is -0.523. The van der Waals surface area contributed by atoms with Gasteiger partial charge in [0.05, 0.1) is 28.9 Å². The van der Waals surface area contributed by atoms with Gasteiger partial charge in [-0.25, -0.2) is 13.5 Å². The van der Waals surface area contributed by atoms with Crippen LogP contribution >= 0.6 is 11.6 Å². The van der Waals surface area contributed by atoms with Gasteiger partial charge >= 0.3 is 0 Å². The molecule has 0 spiro atoms. The first-order chi connectivity index (χ1) is 14.7. The van der Waals surface area contributed by atoms with Crippen LogP contribution in [-0.2, 0) is 26.0 Å². The van der Waals surface area contributed by atoms with Gasteiger partial charge in [0.1, 0.15) is 0 Å². The van der Waals surface area contributed by atoms with Gasteiger partial charge in [-0.1, -0.05) is 29.8 Å². The summed E-state index contributed by atoms with van der Waals surface area (Å²) in [5.74, 6) is -1.34. The van der Waals surface area contributed by atoms with Crippen LogP contribution in [0.25, 0.3) is 10.8 Å². The van der Waals surface area contributed by atoms with Gasteiger partial charge in [-0.2, -0.15) is 9.40 Å². The van der Waals surface area contributed by atoms with Crippen LogP contribution in [0.4, 0.5) is 0 Å². The number of benzene rings is 2. The van der Waals surface area contributed by atoms with Crippen LogP contribution in [0.15, 0.2) is 58.2 Å². The van der Waals surface area contributed by atoms with E-state index in [-0.39, 0.29) is 16.9 Å². The standard InChI is InChI=1S/C19H18ClN5O5S/c1-25(31(29,30)13-8-6-12(20)7-9-13)11-18(27)23-22-17(26)10-16-14-4-2-3-5-15(14)19(28)24-21-16/h2-9H,10-11H2,1H3,(H,22,26)(H,23,27)(H,24,28). The SMILES string of the molecule is CN(CC(=O)NNC(=O)Cc1n[nH]c(=O)c2ccccc12)S(=O)(=O)c1ccc(Cl)cc1. The van der Waals surface area contributed by atoms with Gasteiger partial charge in [-0.3, -0.25) is 25.2 Å². The zero-order valence-electron chi connectivity index (χ0n) is 16.3. The molecule has 0 saturated heterocycles. The second-order valence-electron chi connectivity index (χ2n) is 6.53. The first kappa shape index (κ1) is 22.4. The number of rotatable bonds is 6. The highest BCUT2D eigenvalue weighted by Gasteiger charge is 2.23. The Hall–Kier alpha value is -3.28. The van der Waals surface area contributed by atoms with Crippen molar-refractivity contribution in [2.75, 3.05) is 13.6 Å². The van der Waals surface area contributed by atoms with E-state index in [1.807, 2.05) is 0 Å². The van der Waals surface area contributed by atoms with Crippen LogP contribution in [0.3, 0.4) is 0 Å². The Morgan fingerprint density at radius 2 is 1.65 bits per heavy atom. The van der Waals surface area contributed by atoms with E-state index in [2.05, 4.69) is 21.0 Å². The summed E-state index contributed by atoms with van der Waals surface area (Å²) in [6.07, 6.45) is -0.212. The molecule has 1 aromatic heterocycles. The molecule has 0 aliphatic rings. The van der Waals surface area contributed by atoms with E-state index in [1.54, 1.807) is 24.3 Å². The number of sulfonamides is 1. The van der Waals surface area contributed by atoms with E-state index >= 15 is 0 Å². The fraction of sp³-hybridized carbons (Fsp3) is 0.158. The van der Waals surface area contributed by atoms with Gasteiger partial charge in [0.2, 0.25) is 15.9 Å². The second kappa shape index (κ2) is 9.25. The predicted molar refractivity (Wildman–Crippen MR) is 114 cm³/mol. The summed E-state index contributed by atoms with van der Waals surface area (Å²) in [7, 11) is -2.67. The highest BCUT2D eigenvalue weighted by molar-refractivity contribution is 7.89. The predicted octanol–water partition coefficient (Wildman–Crippen LogP) is 0.587. The number of nitrogens with zero attached hydrogens (tertiary/aromatic N) is 2. The molecular weight excluding hydrogens is 446 g/mol. The Morgan fingerprint density at radius 3 is 2.32 bits per heavy atom. The normalized spacial score (nSPS) is 11.5. The lowest BCUT2D eigenvalue weighted by molar-refractivity contribution is -0.128. The zero-order chi connectivity index (χ0) is 22.6. The second-order valence-corrected chi connectivity index (χ2v) is 9.01. The number of H-pyrrole nitrogens is 1. The van der Waals surface area contributed by atoms with Crippen molar-refractivity contribution in [3.63, 3.8) is 0 Å². The first-order valence-electron chi connectivity index (χ1n) is 8.94. The fourth-order valence-corrected chi connectivity index (χ4v) is 4.01. The van der Waals surface area contributed by atoms with Crippen molar-refractivity contribution in [2.24, 2.45) is 0 Å². The molecule has 2 aromatic carbocycles. The van der Waals surface area contributed by atoms with Gasteiger partial charge < -0.3 is 0 Å². The molecule has 0 aliphatic carbocycles. The maximum absolute atomic E-state index is 12.5. The number of nitrogens with one attached hydrogen (secondary N) is 3. The number of aromatic amines is 1. The summed E-state index contributed by atoms with van der Waals surface area (Å²) < 4.78 is 25.8. The van der Waals surface area contributed by atoms with Crippen molar-refractivity contribution in [2.45, 2.75) is 11.3 Å². The van der Waals surface area contributed by atoms with Crippen molar-refractivity contribution in [3.8, 4) is 0 Å². The number of carbonyl (C=O) groups excluding carboxylic acids is 2. The molecule has 3 rings (SSSR count). The molecule has 12 heteroatoms. The number of halogens is 1. The third-order valence-corrected chi connectivity index (χ3v) is 6.40. The molecule has 0 atom stereocenters. The van der Waals surface area contributed by atoms with Gasteiger partial charge in [0.15, 0.2) is 0 Å². The van der Waals surface area contributed by atoms with E-state index in [0.29, 0.717) is 21.5 Å². The highest BCUT2D eigenvalue weighted by Crippen LogP contribution is 2.17. The molecule has 31 heavy (non-hydrogen) atoms. The van der Waals surface area contributed by atoms with Gasteiger partial charge in [0, 0.05) is 17.5 Å². The number of hydrogen-bond donors (Lipinski definition) is 3. The van der Waals surface area contributed by atoms with Crippen LogP contribution in [0.1, 0.15) is 5.69 Å². The van der Waals surface area contributed by atoms with Crippen molar-refractivity contribution in [3.05, 3.63) is 69.6 Å². The molecule has 162 valence electrons. The molecule has 3 N–H and O–H groups in total. The maximum Gasteiger partial charge on any atom is 0.272 e. The van der Waals surface area contributed by atoms with E-state index < -0.39 is 28.4 Å². The topological polar surface area (TPSA) is 141 Å². The summed E-state index contributed by atoms with van der Waals surface area (Å²) in [4.78, 5) is 36.0. The third-order valence-electron chi connectivity index (χ3n) is 4.33. The number of amides is 2. The van der Waals surface area contributed by atoms with E-state index in [1.165, 1.54) is 31.3 Å². The molecule has 0 aliphatic heterocycles. The Bertz CT molecular complexity index is 1290. The largest absolute Gasteiger partial charge is 0.273 e. The first-order valence-corrected chi connectivity index (χ1v) is 10.8. The van der Waals surface area contributed by atoms with E-state index in [9.17, 15) is 22.8 Å². The Labute approximate surface area is 182 Å². The summed E-state index contributed by atoms with van der Waals surface area (Å²) in [6, 6.07) is 12.2. The number of hydrazine groups is 1. The average Bonchev–Trinajstić information content (AvgIpc) is 2.75. The van der Waals surface area contributed by atoms with Crippen LogP contribution < -0.4 is 16.4 Å². The van der Waals surface area contributed by atoms with Crippen LogP contribution in [0.5, 0.6) is 0 Å². The van der Waals surface area contributed by atoms with Crippen LogP contribution in [0.2, 0.25) is 5.02 Å². The average molecular weight is 464 g/mol. The molecule has 0 bridgehead atoms. The number of hydrogen-bond acceptors (Lipinski definition) is 6. The molecule has 0 fully saturated rings. The van der Waals surface area contributed by atoms with Gasteiger partial charge in [0.25, 0.3) is 11.5 Å². The molecule has 0 saturated carbocycles. The number of aromatic nitrogens is 2. The molecule has 10 nitrogen and oxygen atoms in total. The maximum atomic E-state index is 12.5. The van der Waals surface area contributed by atoms with Crippen molar-refractivity contribution >= 4 is 44.2 Å². The lowest BCUT2D eigenvalue weighted by Crippen LogP contribution is -2.47. The molecule has 0 unspecified atom stereocenters. The lowest BCUT2D eigenvalue weighted by atomic mass is 10.1. The highest BCUT2D eigenvalue weighted by atomic mass is 35.5. The minimum atomic E-state index is -3.91. The molecule has 2 amide bonds. The minimum absolute atomic E-state index is 0.0211. The Kier molecular flexibility index (Phi) is 6.68. The van der Waals surface area contributed by atoms with Crippen LogP contribution in [-0.4, -0.2) is 48.3 Å². The summed E-state index contributed by atoms with van der Waals surface area (Å²) in [5, 5.41) is 7.49. The molecule has 3 aromatic rings. The number of likely N-dealkylation sites (N-methyl/N-ethyl adjacent to an activating group) is 1. The molecule has 1 heterocycles. The number of carbonyl (C=O) groups is 2. The quantitative estimate of drug-likeness (QED) is 0.457. The van der Waals surface area contributed by atoms with E-state index in [4.69, 9.17) is 11.6 Å². The monoisotopic (exact) mass is 463 g/mol. The minimum Gasteiger partial charge on any atom is -0.273 e. The van der Waals surface area contributed by atoms with Crippen molar-refractivity contribution < 1.29 is 18.0 Å². The van der Waals surface area contributed by atoms with E-state index in [0.717, 1.165) is 4.31 Å². The van der Waals surface area contributed by atoms with Crippen LogP contribution in [0, 0.1) is 0 Å². The Balaban J connectivity index is 1.58. The third kappa shape index (κ3) is 5.26. The molecule has 0 radical (unpaired) electrons. The van der Waals surface area contributed by atoms with Gasteiger partial charge in [-0.15, -0.1) is 0 Å². The van der Waals surface area contributed by atoms with Crippen molar-refractivity contribution in [1.82, 2.24) is 25.4 Å². The summed E-state index contributed by atoms with van der Waals surface area (Å²) in [5.41, 5.74) is 4.31. The van der Waals surface area contributed by atoms with Gasteiger partial charge in [-0.05, 0) is 30.3 Å². The summed E-state index contributed by atoms with van der Waals surface area (Å²) >= 11 is 5.76. The molecular formula is C19H18ClN5O5S. The smallest absolute Gasteiger partial charge is 0.272 e. The zero-order valence-corrected chi connectivity index (χ0v) is 17.8.